The number of nitrogens with one attached hydrogen (secondary N) is 2. The molecule has 2 aliphatic carbocycles. The summed E-state index contributed by atoms with van der Waals surface area (Å²) in [6.07, 6.45) is 5.46. The lowest BCUT2D eigenvalue weighted by atomic mass is 9.84. The molecule has 0 spiro atoms. The van der Waals surface area contributed by atoms with Crippen molar-refractivity contribution in [1.29, 1.82) is 0 Å². The number of carbonyl (C=O) groups is 1. The molecule has 108 valence electrons. The maximum absolute atomic E-state index is 12.1. The number of amides is 2. The van der Waals surface area contributed by atoms with Gasteiger partial charge in [-0.1, -0.05) is 18.6 Å². The third-order valence-corrected chi connectivity index (χ3v) is 5.07. The van der Waals surface area contributed by atoms with Crippen LogP contribution in [0.5, 0.6) is 0 Å². The largest absolute Gasteiger partial charge is 0.335 e. The zero-order chi connectivity index (χ0) is 14.1. The Bertz CT molecular complexity index is 500. The van der Waals surface area contributed by atoms with E-state index in [2.05, 4.69) is 17.6 Å². The van der Waals surface area contributed by atoms with E-state index in [1.165, 1.54) is 25.7 Å². The Morgan fingerprint density at radius 2 is 2.15 bits per heavy atom. The molecule has 2 saturated carbocycles. The van der Waals surface area contributed by atoms with E-state index in [1.54, 1.807) is 0 Å². The summed E-state index contributed by atoms with van der Waals surface area (Å²) in [4.78, 5) is 12.1. The van der Waals surface area contributed by atoms with E-state index in [0.29, 0.717) is 5.92 Å². The third kappa shape index (κ3) is 2.82. The predicted molar refractivity (Wildman–Crippen MR) is 81.7 cm³/mol. The van der Waals surface area contributed by atoms with Crippen LogP contribution in [0.15, 0.2) is 24.3 Å². The van der Waals surface area contributed by atoms with Crippen LogP contribution in [0.25, 0.3) is 0 Å². The molecule has 0 saturated heterocycles. The lowest BCUT2D eigenvalue weighted by Crippen LogP contribution is -2.42. The summed E-state index contributed by atoms with van der Waals surface area (Å²) in [6.45, 7) is 4.18. The molecular weight excluding hydrogens is 248 g/mol. The van der Waals surface area contributed by atoms with Crippen LogP contribution < -0.4 is 10.6 Å². The standard InChI is InChI=1S/C17H24N2O/c1-11-4-3-5-15(8-11)19-17(20)18-12(2)16-10-13-6-7-14(16)9-13/h3-5,8,12-14,16H,6-7,9-10H2,1-2H3,(H2,18,19,20)/t12-,13-,14-,16+/m0/s1. The van der Waals surface area contributed by atoms with Gasteiger partial charge in [0.1, 0.15) is 0 Å². The Labute approximate surface area is 121 Å². The minimum absolute atomic E-state index is 0.0779. The van der Waals surface area contributed by atoms with Gasteiger partial charge < -0.3 is 10.6 Å². The van der Waals surface area contributed by atoms with Crippen LogP contribution in [-0.2, 0) is 0 Å². The number of hydrogen-bond donors (Lipinski definition) is 2. The van der Waals surface area contributed by atoms with Gasteiger partial charge in [0.2, 0.25) is 0 Å². The second kappa shape index (κ2) is 5.47. The summed E-state index contributed by atoms with van der Waals surface area (Å²) < 4.78 is 0. The first-order valence-corrected chi connectivity index (χ1v) is 7.76. The fourth-order valence-electron chi connectivity index (χ4n) is 4.11. The van der Waals surface area contributed by atoms with Gasteiger partial charge in [-0.05, 0) is 68.6 Å². The molecule has 2 fully saturated rings. The Kier molecular flexibility index (Phi) is 3.68. The van der Waals surface area contributed by atoms with E-state index < -0.39 is 0 Å². The van der Waals surface area contributed by atoms with Gasteiger partial charge in [-0.3, -0.25) is 0 Å². The molecule has 3 rings (SSSR count). The highest BCUT2D eigenvalue weighted by molar-refractivity contribution is 5.89. The van der Waals surface area contributed by atoms with Gasteiger partial charge in [0.15, 0.2) is 0 Å². The Hall–Kier alpha value is -1.51. The number of anilines is 1. The van der Waals surface area contributed by atoms with Crippen LogP contribution in [0.1, 0.15) is 38.2 Å². The van der Waals surface area contributed by atoms with Crippen molar-refractivity contribution in [2.75, 3.05) is 5.32 Å². The minimum atomic E-state index is -0.0779. The minimum Gasteiger partial charge on any atom is -0.335 e. The van der Waals surface area contributed by atoms with E-state index in [-0.39, 0.29) is 12.1 Å². The number of hydrogen-bond acceptors (Lipinski definition) is 1. The fraction of sp³-hybridized carbons (Fsp3) is 0.588. The average Bonchev–Trinajstić information content (AvgIpc) is 3.00. The van der Waals surface area contributed by atoms with E-state index in [9.17, 15) is 4.79 Å². The highest BCUT2D eigenvalue weighted by Gasteiger charge is 2.42. The summed E-state index contributed by atoms with van der Waals surface area (Å²) in [5, 5.41) is 6.06. The molecule has 2 bridgehead atoms. The van der Waals surface area contributed by atoms with Crippen LogP contribution in [-0.4, -0.2) is 12.1 Å². The van der Waals surface area contributed by atoms with Crippen molar-refractivity contribution < 1.29 is 4.79 Å². The second-order valence-corrected chi connectivity index (χ2v) is 6.60. The molecule has 4 atom stereocenters. The van der Waals surface area contributed by atoms with Crippen molar-refractivity contribution in [3.8, 4) is 0 Å². The van der Waals surface area contributed by atoms with Gasteiger partial charge in [-0.25, -0.2) is 4.79 Å². The molecule has 3 nitrogen and oxygen atoms in total. The molecular formula is C17H24N2O. The number of fused-ring (bicyclic) bond motifs is 2. The average molecular weight is 272 g/mol. The normalized spacial score (nSPS) is 29.2. The van der Waals surface area contributed by atoms with Crippen LogP contribution in [0, 0.1) is 24.7 Å². The van der Waals surface area contributed by atoms with Crippen molar-refractivity contribution in [3.05, 3.63) is 29.8 Å². The second-order valence-electron chi connectivity index (χ2n) is 6.60. The quantitative estimate of drug-likeness (QED) is 0.859. The Morgan fingerprint density at radius 3 is 2.80 bits per heavy atom. The number of urea groups is 1. The molecule has 0 heterocycles. The van der Waals surface area contributed by atoms with Crippen molar-refractivity contribution in [3.63, 3.8) is 0 Å². The summed E-state index contributed by atoms with van der Waals surface area (Å²) in [5.74, 6) is 2.44. The van der Waals surface area contributed by atoms with Crippen LogP contribution in [0.4, 0.5) is 10.5 Å². The number of benzene rings is 1. The lowest BCUT2D eigenvalue weighted by Gasteiger charge is -2.28. The number of aryl methyl sites for hydroxylation is 1. The van der Waals surface area contributed by atoms with Crippen molar-refractivity contribution in [1.82, 2.24) is 5.32 Å². The van der Waals surface area contributed by atoms with E-state index >= 15 is 0 Å². The molecule has 20 heavy (non-hydrogen) atoms. The van der Waals surface area contributed by atoms with E-state index in [4.69, 9.17) is 0 Å². The Morgan fingerprint density at radius 1 is 1.30 bits per heavy atom. The molecule has 2 aliphatic rings. The smallest absolute Gasteiger partial charge is 0.319 e. The molecule has 1 aromatic rings. The zero-order valence-corrected chi connectivity index (χ0v) is 12.4. The zero-order valence-electron chi connectivity index (χ0n) is 12.4. The SMILES string of the molecule is Cc1cccc(NC(=O)N[C@@H](C)[C@H]2C[C@H]3CC[C@H]2C3)c1. The number of rotatable bonds is 3. The molecule has 0 radical (unpaired) electrons. The summed E-state index contributed by atoms with van der Waals surface area (Å²) in [7, 11) is 0. The van der Waals surface area contributed by atoms with Crippen LogP contribution >= 0.6 is 0 Å². The lowest BCUT2D eigenvalue weighted by molar-refractivity contribution is 0.230. The predicted octanol–water partition coefficient (Wildman–Crippen LogP) is 3.94. The van der Waals surface area contributed by atoms with Crippen LogP contribution in [0.2, 0.25) is 0 Å². The first-order valence-electron chi connectivity index (χ1n) is 7.76. The number of carbonyl (C=O) groups excluding carboxylic acids is 1. The maximum atomic E-state index is 12.1. The topological polar surface area (TPSA) is 41.1 Å². The Balaban J connectivity index is 1.53. The van der Waals surface area contributed by atoms with Crippen molar-refractivity contribution in [2.24, 2.45) is 17.8 Å². The molecule has 0 unspecified atom stereocenters. The summed E-state index contributed by atoms with van der Waals surface area (Å²) in [5.41, 5.74) is 2.02. The molecule has 0 aromatic heterocycles. The van der Waals surface area contributed by atoms with Crippen molar-refractivity contribution >= 4 is 11.7 Å². The first-order chi connectivity index (χ1) is 9.61. The molecule has 3 heteroatoms. The molecule has 1 aromatic carbocycles. The van der Waals surface area contributed by atoms with Gasteiger partial charge in [0, 0.05) is 11.7 Å². The highest BCUT2D eigenvalue weighted by atomic mass is 16.2. The molecule has 2 amide bonds. The van der Waals surface area contributed by atoms with E-state index in [1.807, 2.05) is 31.2 Å². The summed E-state index contributed by atoms with van der Waals surface area (Å²) in [6, 6.07) is 8.10. The van der Waals surface area contributed by atoms with Gasteiger partial charge in [0.25, 0.3) is 0 Å². The monoisotopic (exact) mass is 272 g/mol. The third-order valence-electron chi connectivity index (χ3n) is 5.07. The van der Waals surface area contributed by atoms with Crippen LogP contribution in [0.3, 0.4) is 0 Å². The maximum Gasteiger partial charge on any atom is 0.319 e. The van der Waals surface area contributed by atoms with Gasteiger partial charge >= 0.3 is 6.03 Å². The summed E-state index contributed by atoms with van der Waals surface area (Å²) >= 11 is 0. The molecule has 0 aliphatic heterocycles. The van der Waals surface area contributed by atoms with Crippen molar-refractivity contribution in [2.45, 2.75) is 45.6 Å². The van der Waals surface area contributed by atoms with Gasteiger partial charge in [0.05, 0.1) is 0 Å². The van der Waals surface area contributed by atoms with Gasteiger partial charge in [-0.2, -0.15) is 0 Å². The molecule has 2 N–H and O–H groups in total. The van der Waals surface area contributed by atoms with E-state index in [0.717, 1.165) is 23.1 Å². The van der Waals surface area contributed by atoms with Gasteiger partial charge in [-0.15, -0.1) is 0 Å². The fourth-order valence-corrected chi connectivity index (χ4v) is 4.11. The highest BCUT2D eigenvalue weighted by Crippen LogP contribution is 2.49. The first kappa shape index (κ1) is 13.5.